The lowest BCUT2D eigenvalue weighted by Crippen LogP contribution is -2.33. The van der Waals surface area contributed by atoms with Gasteiger partial charge >= 0.3 is 5.97 Å². The summed E-state index contributed by atoms with van der Waals surface area (Å²) in [6.45, 7) is 10.4. The molecule has 0 radical (unpaired) electrons. The molecule has 5 rings (SSSR count). The van der Waals surface area contributed by atoms with Gasteiger partial charge in [-0.3, -0.25) is 4.79 Å². The molecule has 0 saturated carbocycles. The lowest BCUT2D eigenvalue weighted by atomic mass is 9.78. The SMILES string of the molecule is CCOC(=O)c1cn2c(cc1=O)-c1cc(OC)c(-c3cnc(N4CCCC4)nc3)cc1CC2C(C)(C)C. The quantitative estimate of drug-likeness (QED) is 0.459. The van der Waals surface area contributed by atoms with Gasteiger partial charge in [-0.15, -0.1) is 0 Å². The lowest BCUT2D eigenvalue weighted by Gasteiger charge is -2.39. The van der Waals surface area contributed by atoms with Crippen LogP contribution in [0.3, 0.4) is 0 Å². The van der Waals surface area contributed by atoms with Crippen molar-refractivity contribution in [3.63, 3.8) is 0 Å². The van der Waals surface area contributed by atoms with E-state index in [0.717, 1.165) is 53.4 Å². The maximum atomic E-state index is 13.0. The molecule has 0 amide bonds. The van der Waals surface area contributed by atoms with Gasteiger partial charge in [0.25, 0.3) is 0 Å². The highest BCUT2D eigenvalue weighted by atomic mass is 16.5. The molecule has 3 aromatic rings. The molecule has 194 valence electrons. The second-order valence-corrected chi connectivity index (χ2v) is 10.8. The zero-order valence-corrected chi connectivity index (χ0v) is 22.2. The minimum atomic E-state index is -0.591. The zero-order chi connectivity index (χ0) is 26.3. The average molecular weight is 503 g/mol. The number of pyridine rings is 1. The first kappa shape index (κ1) is 25.0. The van der Waals surface area contributed by atoms with E-state index in [1.54, 1.807) is 26.3 Å². The number of rotatable bonds is 5. The Kier molecular flexibility index (Phi) is 6.52. The summed E-state index contributed by atoms with van der Waals surface area (Å²) in [6, 6.07) is 5.69. The minimum Gasteiger partial charge on any atom is -0.496 e. The van der Waals surface area contributed by atoms with E-state index >= 15 is 0 Å². The Hall–Kier alpha value is -3.68. The molecule has 2 aliphatic rings. The Morgan fingerprint density at radius 3 is 2.41 bits per heavy atom. The summed E-state index contributed by atoms with van der Waals surface area (Å²) in [6.07, 6.45) is 8.47. The Morgan fingerprint density at radius 2 is 1.78 bits per heavy atom. The highest BCUT2D eigenvalue weighted by molar-refractivity contribution is 5.89. The summed E-state index contributed by atoms with van der Waals surface area (Å²) in [4.78, 5) is 37.0. The number of nitrogens with zero attached hydrogens (tertiary/aromatic N) is 4. The van der Waals surface area contributed by atoms with E-state index in [2.05, 4.69) is 46.3 Å². The largest absolute Gasteiger partial charge is 0.496 e. The van der Waals surface area contributed by atoms with E-state index in [4.69, 9.17) is 9.47 Å². The van der Waals surface area contributed by atoms with Crippen LogP contribution >= 0.6 is 0 Å². The molecule has 1 atom stereocenters. The highest BCUT2D eigenvalue weighted by Gasteiger charge is 2.34. The number of aromatic nitrogens is 3. The molecule has 0 N–H and O–H groups in total. The van der Waals surface area contributed by atoms with E-state index in [0.29, 0.717) is 5.75 Å². The van der Waals surface area contributed by atoms with Crippen molar-refractivity contribution < 1.29 is 14.3 Å². The standard InChI is InChI=1S/C29H34N4O4/c1-6-37-27(35)22-17-33-23(14-24(22)34)20-13-25(36-5)21(11-18(20)12-26(33)29(2,3)4)19-15-30-28(31-16-19)32-9-7-8-10-32/h11,13-17,26H,6-10,12H2,1-5H3. The van der Waals surface area contributed by atoms with Crippen LogP contribution in [0.4, 0.5) is 5.95 Å². The molecule has 8 heteroatoms. The number of fused-ring (bicyclic) bond motifs is 3. The van der Waals surface area contributed by atoms with Gasteiger partial charge in [0.1, 0.15) is 11.3 Å². The third-order valence-corrected chi connectivity index (χ3v) is 7.36. The maximum Gasteiger partial charge on any atom is 0.343 e. The van der Waals surface area contributed by atoms with Gasteiger partial charge in [-0.1, -0.05) is 20.8 Å². The second kappa shape index (κ2) is 9.65. The van der Waals surface area contributed by atoms with Gasteiger partial charge in [-0.25, -0.2) is 14.8 Å². The monoisotopic (exact) mass is 502 g/mol. The first-order valence-electron chi connectivity index (χ1n) is 12.9. The van der Waals surface area contributed by atoms with E-state index in [1.165, 1.54) is 12.8 Å². The summed E-state index contributed by atoms with van der Waals surface area (Å²) in [5.74, 6) is 0.849. The Bertz CT molecular complexity index is 1380. The van der Waals surface area contributed by atoms with Crippen molar-refractivity contribution in [1.82, 2.24) is 14.5 Å². The van der Waals surface area contributed by atoms with Gasteiger partial charge in [0.15, 0.2) is 5.43 Å². The van der Waals surface area contributed by atoms with Gasteiger partial charge in [-0.2, -0.15) is 0 Å². The van der Waals surface area contributed by atoms with Crippen LogP contribution in [0.15, 0.2) is 41.6 Å². The molecule has 4 heterocycles. The summed E-state index contributed by atoms with van der Waals surface area (Å²) >= 11 is 0. The molecule has 0 spiro atoms. The number of ether oxygens (including phenoxy) is 2. The normalized spacial score (nSPS) is 16.8. The Labute approximate surface area is 217 Å². The third kappa shape index (κ3) is 4.61. The van der Waals surface area contributed by atoms with E-state index in [9.17, 15) is 9.59 Å². The Balaban J connectivity index is 1.62. The topological polar surface area (TPSA) is 86.5 Å². The van der Waals surface area contributed by atoms with Crippen molar-refractivity contribution in [3.8, 4) is 28.1 Å². The summed E-state index contributed by atoms with van der Waals surface area (Å²) in [5, 5.41) is 0. The third-order valence-electron chi connectivity index (χ3n) is 7.36. The number of methoxy groups -OCH3 is 1. The number of hydrogen-bond acceptors (Lipinski definition) is 7. The van der Waals surface area contributed by atoms with Gasteiger partial charge in [-0.05, 0) is 49.3 Å². The lowest BCUT2D eigenvalue weighted by molar-refractivity contribution is 0.0523. The molecule has 1 aromatic carbocycles. The second-order valence-electron chi connectivity index (χ2n) is 10.8. The number of carbonyl (C=O) groups is 1. The molecule has 0 bridgehead atoms. The van der Waals surface area contributed by atoms with E-state index in [1.807, 2.05) is 18.5 Å². The summed E-state index contributed by atoms with van der Waals surface area (Å²) in [7, 11) is 1.64. The molecule has 1 fully saturated rings. The van der Waals surface area contributed by atoms with E-state index < -0.39 is 5.97 Å². The number of esters is 1. The predicted octanol–water partition coefficient (Wildman–Crippen LogP) is 4.90. The van der Waals surface area contributed by atoms with Crippen molar-refractivity contribution in [2.75, 3.05) is 31.7 Å². The number of anilines is 1. The van der Waals surface area contributed by atoms with Crippen LogP contribution in [-0.4, -0.2) is 47.3 Å². The zero-order valence-electron chi connectivity index (χ0n) is 22.2. The number of carbonyl (C=O) groups excluding carboxylic acids is 1. The van der Waals surface area contributed by atoms with Crippen LogP contribution in [0.25, 0.3) is 22.4 Å². The first-order valence-corrected chi connectivity index (χ1v) is 12.9. The molecule has 1 saturated heterocycles. The fraction of sp³-hybridized carbons (Fsp3) is 0.448. The number of hydrogen-bond donors (Lipinski definition) is 0. The molecular weight excluding hydrogens is 468 g/mol. The minimum absolute atomic E-state index is 0.0267. The van der Waals surface area contributed by atoms with Crippen LogP contribution in [0.5, 0.6) is 5.75 Å². The fourth-order valence-corrected chi connectivity index (χ4v) is 5.38. The van der Waals surface area contributed by atoms with Gasteiger partial charge < -0.3 is 18.9 Å². The molecular formula is C29H34N4O4. The van der Waals surface area contributed by atoms with Crippen LogP contribution in [-0.2, 0) is 11.2 Å². The number of benzene rings is 1. The van der Waals surface area contributed by atoms with Gasteiger partial charge in [0.05, 0.1) is 19.4 Å². The summed E-state index contributed by atoms with van der Waals surface area (Å²) < 4.78 is 13.0. The predicted molar refractivity (Wildman–Crippen MR) is 143 cm³/mol. The van der Waals surface area contributed by atoms with Crippen molar-refractivity contribution in [2.45, 2.75) is 53.0 Å². The van der Waals surface area contributed by atoms with Crippen molar-refractivity contribution >= 4 is 11.9 Å². The van der Waals surface area contributed by atoms with Crippen LogP contribution < -0.4 is 15.1 Å². The highest BCUT2D eigenvalue weighted by Crippen LogP contribution is 2.45. The van der Waals surface area contributed by atoms with Gasteiger partial charge in [0, 0.05) is 60.5 Å². The molecule has 2 aliphatic heterocycles. The average Bonchev–Trinajstić information content (AvgIpc) is 3.42. The first-order chi connectivity index (χ1) is 17.7. The van der Waals surface area contributed by atoms with Crippen molar-refractivity contribution in [1.29, 1.82) is 0 Å². The van der Waals surface area contributed by atoms with Crippen LogP contribution in [0.2, 0.25) is 0 Å². The Morgan fingerprint density at radius 1 is 1.08 bits per heavy atom. The van der Waals surface area contributed by atoms with Crippen molar-refractivity contribution in [3.05, 3.63) is 58.1 Å². The molecule has 37 heavy (non-hydrogen) atoms. The molecule has 2 aromatic heterocycles. The summed E-state index contributed by atoms with van der Waals surface area (Å²) in [5.41, 5.74) is 4.18. The maximum absolute atomic E-state index is 13.0. The molecule has 1 unspecified atom stereocenters. The van der Waals surface area contributed by atoms with E-state index in [-0.39, 0.29) is 29.1 Å². The van der Waals surface area contributed by atoms with Crippen LogP contribution in [0, 0.1) is 5.41 Å². The molecule has 0 aliphatic carbocycles. The fourth-order valence-electron chi connectivity index (χ4n) is 5.38. The molecule has 8 nitrogen and oxygen atoms in total. The van der Waals surface area contributed by atoms with Crippen LogP contribution in [0.1, 0.15) is 62.5 Å². The van der Waals surface area contributed by atoms with Crippen molar-refractivity contribution in [2.24, 2.45) is 5.41 Å². The smallest absolute Gasteiger partial charge is 0.343 e. The van der Waals surface area contributed by atoms with Gasteiger partial charge in [0.2, 0.25) is 5.95 Å².